The van der Waals surface area contributed by atoms with Gasteiger partial charge in [-0.1, -0.05) is 50.2 Å². The maximum absolute atomic E-state index is 5.96. The molecule has 0 saturated heterocycles. The number of hydrogen-bond acceptors (Lipinski definition) is 2. The standard InChI is InChI=1S/C16H22N2/c1-3-16(4-2,12-17)18-15-11-7-9-13-8-5-6-10-14(13)15/h5-11,18H,3-4,12,17H2,1-2H3. The van der Waals surface area contributed by atoms with Crippen LogP contribution in [-0.2, 0) is 0 Å². The van der Waals surface area contributed by atoms with Gasteiger partial charge in [0, 0.05) is 23.2 Å². The van der Waals surface area contributed by atoms with Gasteiger partial charge in [0.1, 0.15) is 0 Å². The van der Waals surface area contributed by atoms with E-state index in [2.05, 4.69) is 61.6 Å². The number of rotatable bonds is 5. The molecule has 0 radical (unpaired) electrons. The quantitative estimate of drug-likeness (QED) is 0.837. The van der Waals surface area contributed by atoms with Crippen LogP contribution in [0.25, 0.3) is 10.8 Å². The number of anilines is 1. The van der Waals surface area contributed by atoms with Gasteiger partial charge in [-0.05, 0) is 24.3 Å². The van der Waals surface area contributed by atoms with Crippen molar-refractivity contribution < 1.29 is 0 Å². The molecule has 0 aliphatic heterocycles. The minimum absolute atomic E-state index is 0.00409. The highest BCUT2D eigenvalue weighted by molar-refractivity contribution is 5.94. The van der Waals surface area contributed by atoms with E-state index >= 15 is 0 Å². The first-order valence-electron chi connectivity index (χ1n) is 6.70. The molecule has 0 bridgehead atoms. The molecule has 0 amide bonds. The molecule has 0 aromatic heterocycles. The van der Waals surface area contributed by atoms with E-state index in [0.29, 0.717) is 6.54 Å². The molecule has 0 atom stereocenters. The van der Waals surface area contributed by atoms with Gasteiger partial charge in [-0.2, -0.15) is 0 Å². The normalized spacial score (nSPS) is 11.7. The number of fused-ring (bicyclic) bond motifs is 1. The van der Waals surface area contributed by atoms with Crippen LogP contribution in [0.2, 0.25) is 0 Å². The number of nitrogens with two attached hydrogens (primary N) is 1. The van der Waals surface area contributed by atoms with Crippen LogP contribution >= 0.6 is 0 Å². The second kappa shape index (κ2) is 5.40. The lowest BCUT2D eigenvalue weighted by Crippen LogP contribution is -2.44. The molecule has 3 N–H and O–H groups in total. The molecular weight excluding hydrogens is 220 g/mol. The van der Waals surface area contributed by atoms with Crippen LogP contribution in [0.5, 0.6) is 0 Å². The first-order valence-corrected chi connectivity index (χ1v) is 6.70. The van der Waals surface area contributed by atoms with Gasteiger partial charge in [0.05, 0.1) is 0 Å². The van der Waals surface area contributed by atoms with Crippen LogP contribution in [0.3, 0.4) is 0 Å². The van der Waals surface area contributed by atoms with Crippen molar-refractivity contribution in [1.82, 2.24) is 0 Å². The monoisotopic (exact) mass is 242 g/mol. The minimum atomic E-state index is 0.00409. The lowest BCUT2D eigenvalue weighted by molar-refractivity contribution is 0.446. The van der Waals surface area contributed by atoms with Gasteiger partial charge in [-0.25, -0.2) is 0 Å². The van der Waals surface area contributed by atoms with Gasteiger partial charge in [-0.15, -0.1) is 0 Å². The zero-order chi connectivity index (χ0) is 13.0. The van der Waals surface area contributed by atoms with E-state index in [1.54, 1.807) is 0 Å². The van der Waals surface area contributed by atoms with E-state index in [0.717, 1.165) is 12.8 Å². The van der Waals surface area contributed by atoms with E-state index in [1.165, 1.54) is 16.5 Å². The third-order valence-corrected chi connectivity index (χ3v) is 3.93. The lowest BCUT2D eigenvalue weighted by Gasteiger charge is -2.33. The molecule has 2 nitrogen and oxygen atoms in total. The van der Waals surface area contributed by atoms with Gasteiger partial charge < -0.3 is 11.1 Å². The van der Waals surface area contributed by atoms with Crippen molar-refractivity contribution in [3.8, 4) is 0 Å². The summed E-state index contributed by atoms with van der Waals surface area (Å²) >= 11 is 0. The predicted octanol–water partition coefficient (Wildman–Crippen LogP) is 3.77. The highest BCUT2D eigenvalue weighted by Gasteiger charge is 2.24. The topological polar surface area (TPSA) is 38.0 Å². The van der Waals surface area contributed by atoms with Gasteiger partial charge in [-0.3, -0.25) is 0 Å². The summed E-state index contributed by atoms with van der Waals surface area (Å²) in [5.41, 5.74) is 7.14. The molecule has 0 spiro atoms. The highest BCUT2D eigenvalue weighted by atomic mass is 15.0. The molecule has 2 rings (SSSR count). The third kappa shape index (κ3) is 2.34. The van der Waals surface area contributed by atoms with E-state index in [1.807, 2.05) is 0 Å². The fourth-order valence-corrected chi connectivity index (χ4v) is 2.39. The molecule has 2 heteroatoms. The Morgan fingerprint density at radius 2 is 1.67 bits per heavy atom. The van der Waals surface area contributed by atoms with E-state index in [-0.39, 0.29) is 5.54 Å². The summed E-state index contributed by atoms with van der Waals surface area (Å²) in [4.78, 5) is 0. The predicted molar refractivity (Wildman–Crippen MR) is 79.9 cm³/mol. The summed E-state index contributed by atoms with van der Waals surface area (Å²) in [6.45, 7) is 5.03. The van der Waals surface area contributed by atoms with Crippen molar-refractivity contribution in [2.45, 2.75) is 32.2 Å². The van der Waals surface area contributed by atoms with Crippen LogP contribution < -0.4 is 11.1 Å². The zero-order valence-corrected chi connectivity index (χ0v) is 11.2. The molecule has 0 unspecified atom stereocenters. The minimum Gasteiger partial charge on any atom is -0.378 e. The Kier molecular flexibility index (Phi) is 3.87. The van der Waals surface area contributed by atoms with Gasteiger partial charge in [0.25, 0.3) is 0 Å². The highest BCUT2D eigenvalue weighted by Crippen LogP contribution is 2.28. The maximum atomic E-state index is 5.96. The largest absolute Gasteiger partial charge is 0.378 e. The van der Waals surface area contributed by atoms with Crippen LogP contribution in [0.15, 0.2) is 42.5 Å². The van der Waals surface area contributed by atoms with Crippen molar-refractivity contribution >= 4 is 16.5 Å². The summed E-state index contributed by atoms with van der Waals surface area (Å²) in [6, 6.07) is 14.8. The van der Waals surface area contributed by atoms with Crippen LogP contribution in [0.1, 0.15) is 26.7 Å². The molecule has 0 fully saturated rings. The van der Waals surface area contributed by atoms with E-state index in [4.69, 9.17) is 5.73 Å². The average molecular weight is 242 g/mol. The Morgan fingerprint density at radius 3 is 2.33 bits per heavy atom. The molecular formula is C16H22N2. The third-order valence-electron chi connectivity index (χ3n) is 3.93. The van der Waals surface area contributed by atoms with Gasteiger partial charge in [0.2, 0.25) is 0 Å². The Balaban J connectivity index is 2.42. The Morgan fingerprint density at radius 1 is 1.00 bits per heavy atom. The molecule has 2 aromatic rings. The fourth-order valence-electron chi connectivity index (χ4n) is 2.39. The van der Waals surface area contributed by atoms with Gasteiger partial charge in [0.15, 0.2) is 0 Å². The fraction of sp³-hybridized carbons (Fsp3) is 0.375. The molecule has 2 aromatic carbocycles. The second-order valence-electron chi connectivity index (χ2n) is 4.84. The molecule has 18 heavy (non-hydrogen) atoms. The second-order valence-corrected chi connectivity index (χ2v) is 4.84. The van der Waals surface area contributed by atoms with Crippen molar-refractivity contribution in [2.24, 2.45) is 5.73 Å². The maximum Gasteiger partial charge on any atom is 0.0490 e. The Labute approximate surface area is 109 Å². The van der Waals surface area contributed by atoms with E-state index in [9.17, 15) is 0 Å². The molecule has 0 heterocycles. The number of hydrogen-bond donors (Lipinski definition) is 2. The first kappa shape index (κ1) is 12.9. The van der Waals surface area contributed by atoms with E-state index < -0.39 is 0 Å². The van der Waals surface area contributed by atoms with Crippen molar-refractivity contribution in [1.29, 1.82) is 0 Å². The van der Waals surface area contributed by atoms with Gasteiger partial charge >= 0.3 is 0 Å². The Hall–Kier alpha value is -1.54. The zero-order valence-electron chi connectivity index (χ0n) is 11.2. The van der Waals surface area contributed by atoms with Crippen LogP contribution in [-0.4, -0.2) is 12.1 Å². The van der Waals surface area contributed by atoms with Crippen molar-refractivity contribution in [2.75, 3.05) is 11.9 Å². The Bertz CT molecular complexity index is 502. The summed E-state index contributed by atoms with van der Waals surface area (Å²) in [6.07, 6.45) is 2.06. The first-order chi connectivity index (χ1) is 8.74. The van der Waals surface area contributed by atoms with Crippen molar-refractivity contribution in [3.63, 3.8) is 0 Å². The molecule has 0 saturated carbocycles. The summed E-state index contributed by atoms with van der Waals surface area (Å²) in [5, 5.41) is 6.19. The average Bonchev–Trinajstić information content (AvgIpc) is 2.45. The lowest BCUT2D eigenvalue weighted by atomic mass is 9.92. The van der Waals surface area contributed by atoms with Crippen LogP contribution in [0.4, 0.5) is 5.69 Å². The molecule has 96 valence electrons. The molecule has 0 aliphatic carbocycles. The van der Waals surface area contributed by atoms with Crippen LogP contribution in [0, 0.1) is 0 Å². The number of nitrogens with one attached hydrogen (secondary N) is 1. The number of benzene rings is 2. The molecule has 0 aliphatic rings. The van der Waals surface area contributed by atoms with Crippen molar-refractivity contribution in [3.05, 3.63) is 42.5 Å². The summed E-state index contributed by atoms with van der Waals surface area (Å²) < 4.78 is 0. The SMILES string of the molecule is CCC(CC)(CN)Nc1cccc2ccccc12. The summed E-state index contributed by atoms with van der Waals surface area (Å²) in [5.74, 6) is 0. The summed E-state index contributed by atoms with van der Waals surface area (Å²) in [7, 11) is 0. The smallest absolute Gasteiger partial charge is 0.0490 e.